The average molecular weight is 309 g/mol. The van der Waals surface area contributed by atoms with Crippen molar-refractivity contribution in [3.63, 3.8) is 0 Å². The van der Waals surface area contributed by atoms with Gasteiger partial charge in [-0.25, -0.2) is 4.79 Å². The summed E-state index contributed by atoms with van der Waals surface area (Å²) in [6, 6.07) is 5.39. The number of carbonyl (C=O) groups is 1. The van der Waals surface area contributed by atoms with Crippen molar-refractivity contribution in [3.05, 3.63) is 40.8 Å². The predicted octanol–water partition coefficient (Wildman–Crippen LogP) is 3.42. The smallest absolute Gasteiger partial charge is 0.352 e. The largest absolute Gasteiger partial charge is 0.477 e. The van der Waals surface area contributed by atoms with Crippen LogP contribution in [0.4, 0.5) is 0 Å². The van der Waals surface area contributed by atoms with Crippen LogP contribution in [0.1, 0.15) is 23.8 Å². The molecule has 18 heavy (non-hydrogen) atoms. The molecule has 1 N–H and O–H groups in total. The molecule has 0 aliphatic rings. The monoisotopic (exact) mass is 308 g/mol. The van der Waals surface area contributed by atoms with Gasteiger partial charge in [0.15, 0.2) is 0 Å². The lowest BCUT2D eigenvalue weighted by molar-refractivity contribution is 0.0685. The molecule has 0 saturated carbocycles. The van der Waals surface area contributed by atoms with Crippen LogP contribution < -0.4 is 0 Å². The highest BCUT2D eigenvalue weighted by atomic mass is 79.9. The van der Waals surface area contributed by atoms with Gasteiger partial charge >= 0.3 is 5.97 Å². The molecule has 2 aromatic rings. The summed E-state index contributed by atoms with van der Waals surface area (Å²) in [6.45, 7) is 2.70. The third kappa shape index (κ3) is 2.46. The number of carboxylic acid groups (broad SMARTS) is 1. The number of carboxylic acids is 1. The van der Waals surface area contributed by atoms with Gasteiger partial charge in [-0.05, 0) is 40.5 Å². The molecule has 2 heterocycles. The summed E-state index contributed by atoms with van der Waals surface area (Å²) in [5.41, 5.74) is 2.10. The van der Waals surface area contributed by atoms with Gasteiger partial charge in [-0.2, -0.15) is 0 Å². The Bertz CT molecular complexity index is 578. The molecular formula is C13H13BrN2O2. The second-order valence-corrected chi connectivity index (χ2v) is 4.87. The van der Waals surface area contributed by atoms with E-state index >= 15 is 0 Å². The number of aromatic nitrogens is 2. The summed E-state index contributed by atoms with van der Waals surface area (Å²) >= 11 is 3.37. The predicted molar refractivity (Wildman–Crippen MR) is 72.6 cm³/mol. The van der Waals surface area contributed by atoms with Crippen molar-refractivity contribution in [3.8, 4) is 11.3 Å². The van der Waals surface area contributed by atoms with Gasteiger partial charge in [0.25, 0.3) is 0 Å². The van der Waals surface area contributed by atoms with E-state index in [0.29, 0.717) is 12.2 Å². The number of halogens is 1. The summed E-state index contributed by atoms with van der Waals surface area (Å²) in [7, 11) is 0. The minimum absolute atomic E-state index is 0.312. The molecule has 94 valence electrons. The second kappa shape index (κ2) is 5.35. The van der Waals surface area contributed by atoms with E-state index in [4.69, 9.17) is 5.11 Å². The van der Waals surface area contributed by atoms with E-state index in [2.05, 4.69) is 20.9 Å². The lowest BCUT2D eigenvalue weighted by Crippen LogP contribution is -2.09. The highest BCUT2D eigenvalue weighted by Gasteiger charge is 2.14. The Morgan fingerprint density at radius 3 is 2.83 bits per heavy atom. The fraction of sp³-hybridized carbons (Fsp3) is 0.231. The van der Waals surface area contributed by atoms with Crippen LogP contribution in [0.3, 0.4) is 0 Å². The molecule has 0 radical (unpaired) electrons. The third-order valence-corrected chi connectivity index (χ3v) is 3.08. The first-order valence-corrected chi connectivity index (χ1v) is 6.46. The molecule has 0 atom stereocenters. The molecular weight excluding hydrogens is 296 g/mol. The molecule has 2 rings (SSSR count). The number of nitrogens with zero attached hydrogens (tertiary/aromatic N) is 2. The Labute approximate surface area is 113 Å². The van der Waals surface area contributed by atoms with Crippen LogP contribution in [0, 0.1) is 0 Å². The molecule has 0 spiro atoms. The van der Waals surface area contributed by atoms with E-state index in [0.717, 1.165) is 22.2 Å². The van der Waals surface area contributed by atoms with Crippen LogP contribution in [0.15, 0.2) is 35.1 Å². The number of rotatable bonds is 4. The number of hydrogen-bond acceptors (Lipinski definition) is 2. The summed E-state index contributed by atoms with van der Waals surface area (Å²) in [6.07, 6.45) is 4.32. The highest BCUT2D eigenvalue weighted by Crippen LogP contribution is 2.25. The average Bonchev–Trinajstić information content (AvgIpc) is 2.73. The molecule has 0 aliphatic heterocycles. The zero-order chi connectivity index (χ0) is 13.1. The zero-order valence-corrected chi connectivity index (χ0v) is 11.5. The van der Waals surface area contributed by atoms with Crippen molar-refractivity contribution in [2.45, 2.75) is 19.9 Å². The third-order valence-electron chi connectivity index (χ3n) is 2.65. The molecule has 0 unspecified atom stereocenters. The quantitative estimate of drug-likeness (QED) is 0.941. The molecule has 0 fully saturated rings. The van der Waals surface area contributed by atoms with Gasteiger partial charge in [-0.1, -0.05) is 6.92 Å². The van der Waals surface area contributed by atoms with Gasteiger partial charge < -0.3 is 9.67 Å². The molecule has 0 bridgehead atoms. The number of aromatic carboxylic acids is 1. The summed E-state index contributed by atoms with van der Waals surface area (Å²) in [5, 5.41) is 9.16. The van der Waals surface area contributed by atoms with Crippen LogP contribution in [0.5, 0.6) is 0 Å². The summed E-state index contributed by atoms with van der Waals surface area (Å²) in [5.74, 6) is -0.905. The van der Waals surface area contributed by atoms with Crippen LogP contribution in [0.25, 0.3) is 11.3 Å². The maximum atomic E-state index is 11.2. The van der Waals surface area contributed by atoms with E-state index in [-0.39, 0.29) is 0 Å². The van der Waals surface area contributed by atoms with E-state index in [1.807, 2.05) is 23.6 Å². The minimum atomic E-state index is -0.905. The Hall–Kier alpha value is -1.62. The minimum Gasteiger partial charge on any atom is -0.477 e. The molecule has 2 aromatic heterocycles. The maximum Gasteiger partial charge on any atom is 0.352 e. The van der Waals surface area contributed by atoms with Crippen LogP contribution in [-0.2, 0) is 6.54 Å². The fourth-order valence-corrected chi connectivity index (χ4v) is 2.29. The lowest BCUT2D eigenvalue weighted by atomic mass is 10.2. The number of pyridine rings is 1. The Balaban J connectivity index is 2.54. The van der Waals surface area contributed by atoms with Crippen LogP contribution >= 0.6 is 15.9 Å². The first-order valence-electron chi connectivity index (χ1n) is 5.67. The topological polar surface area (TPSA) is 55.1 Å². The summed E-state index contributed by atoms with van der Waals surface area (Å²) in [4.78, 5) is 15.3. The van der Waals surface area contributed by atoms with E-state index in [1.165, 1.54) is 0 Å². The van der Waals surface area contributed by atoms with Gasteiger partial charge in [0.2, 0.25) is 0 Å². The van der Waals surface area contributed by atoms with Gasteiger partial charge in [-0.3, -0.25) is 4.98 Å². The first-order chi connectivity index (χ1) is 8.63. The van der Waals surface area contributed by atoms with E-state index in [1.54, 1.807) is 18.5 Å². The van der Waals surface area contributed by atoms with Gasteiger partial charge in [0.05, 0.1) is 5.69 Å². The highest BCUT2D eigenvalue weighted by molar-refractivity contribution is 9.10. The Kier molecular flexibility index (Phi) is 3.81. The molecule has 0 amide bonds. The SMILES string of the molecule is CCCn1c(C(=O)O)ccc1-c1cncc(Br)c1. The van der Waals surface area contributed by atoms with Crippen molar-refractivity contribution >= 4 is 21.9 Å². The van der Waals surface area contributed by atoms with Crippen LogP contribution in [0.2, 0.25) is 0 Å². The van der Waals surface area contributed by atoms with Crippen molar-refractivity contribution in [2.75, 3.05) is 0 Å². The van der Waals surface area contributed by atoms with Crippen molar-refractivity contribution < 1.29 is 9.90 Å². The zero-order valence-electron chi connectivity index (χ0n) is 9.93. The Morgan fingerprint density at radius 1 is 1.44 bits per heavy atom. The second-order valence-electron chi connectivity index (χ2n) is 3.95. The number of hydrogen-bond donors (Lipinski definition) is 1. The lowest BCUT2D eigenvalue weighted by Gasteiger charge is -2.10. The van der Waals surface area contributed by atoms with Gasteiger partial charge in [0, 0.05) is 29.0 Å². The van der Waals surface area contributed by atoms with Gasteiger partial charge in [0.1, 0.15) is 5.69 Å². The van der Waals surface area contributed by atoms with Crippen LogP contribution in [-0.4, -0.2) is 20.6 Å². The Morgan fingerprint density at radius 2 is 2.22 bits per heavy atom. The molecule has 0 saturated heterocycles. The fourth-order valence-electron chi connectivity index (χ4n) is 1.92. The normalized spacial score (nSPS) is 10.6. The van der Waals surface area contributed by atoms with E-state index in [9.17, 15) is 4.79 Å². The van der Waals surface area contributed by atoms with Crippen molar-refractivity contribution in [2.24, 2.45) is 0 Å². The van der Waals surface area contributed by atoms with E-state index < -0.39 is 5.97 Å². The first kappa shape index (κ1) is 12.8. The molecule has 5 heteroatoms. The van der Waals surface area contributed by atoms with Crippen molar-refractivity contribution in [1.29, 1.82) is 0 Å². The van der Waals surface area contributed by atoms with Crippen molar-refractivity contribution in [1.82, 2.24) is 9.55 Å². The molecule has 0 aromatic carbocycles. The summed E-state index contributed by atoms with van der Waals surface area (Å²) < 4.78 is 2.69. The maximum absolute atomic E-state index is 11.2. The van der Waals surface area contributed by atoms with Gasteiger partial charge in [-0.15, -0.1) is 0 Å². The molecule has 0 aliphatic carbocycles. The molecule has 4 nitrogen and oxygen atoms in total. The standard InChI is InChI=1S/C13H13BrN2O2/c1-2-5-16-11(3-4-12(16)13(17)18)9-6-10(14)8-15-7-9/h3-4,6-8H,2,5H2,1H3,(H,17,18).